The van der Waals surface area contributed by atoms with Crippen molar-refractivity contribution in [3.05, 3.63) is 28.8 Å². The summed E-state index contributed by atoms with van der Waals surface area (Å²) in [5.41, 5.74) is 7.89. The monoisotopic (exact) mass is 269 g/mol. The fraction of sp³-hybridized carbons (Fsp3) is 0.182. The summed E-state index contributed by atoms with van der Waals surface area (Å²) in [4.78, 5) is 21.1. The van der Waals surface area contributed by atoms with Gasteiger partial charge in [0.1, 0.15) is 5.75 Å². The van der Waals surface area contributed by atoms with Crippen molar-refractivity contribution in [2.75, 3.05) is 6.61 Å². The molecule has 18 heavy (non-hydrogen) atoms. The Balaban J connectivity index is 2.69. The van der Waals surface area contributed by atoms with Crippen molar-refractivity contribution in [1.82, 2.24) is 5.43 Å². The fourth-order valence-electron chi connectivity index (χ4n) is 1.06. The van der Waals surface area contributed by atoms with Crippen LogP contribution < -0.4 is 15.9 Å². The molecule has 0 saturated heterocycles. The van der Waals surface area contributed by atoms with Crippen molar-refractivity contribution in [2.24, 2.45) is 10.8 Å². The maximum atomic E-state index is 10.6. The van der Waals surface area contributed by atoms with Crippen molar-refractivity contribution < 1.29 is 14.3 Å². The first-order chi connectivity index (χ1) is 8.49. The summed E-state index contributed by atoms with van der Waals surface area (Å²) in [6.07, 6.45) is 1.44. The van der Waals surface area contributed by atoms with Crippen LogP contribution in [0, 0.1) is 0 Å². The van der Waals surface area contributed by atoms with Gasteiger partial charge in [0, 0.05) is 6.92 Å². The molecule has 7 heteroatoms. The molecule has 0 aliphatic carbocycles. The van der Waals surface area contributed by atoms with Crippen LogP contribution in [0.3, 0.4) is 0 Å². The molecule has 0 heterocycles. The molecule has 0 spiro atoms. The van der Waals surface area contributed by atoms with E-state index in [4.69, 9.17) is 22.1 Å². The Bertz CT molecular complexity index is 488. The molecule has 1 aromatic carbocycles. The molecule has 96 valence electrons. The number of amides is 2. The molecule has 0 aliphatic heterocycles. The van der Waals surface area contributed by atoms with E-state index in [0.29, 0.717) is 16.3 Å². The van der Waals surface area contributed by atoms with Gasteiger partial charge in [-0.05, 0) is 23.8 Å². The average molecular weight is 270 g/mol. The standard InChI is InChI=1S/C11H12ClN3O3/c1-7(16)15-14-5-8-2-3-10(9(12)4-8)18-6-11(13)17/h2-5H,6H2,1H3,(H2,13,17)(H,15,16). The lowest BCUT2D eigenvalue weighted by atomic mass is 10.2. The van der Waals surface area contributed by atoms with Gasteiger partial charge in [-0.15, -0.1) is 0 Å². The maximum absolute atomic E-state index is 10.6. The molecule has 2 amide bonds. The van der Waals surface area contributed by atoms with Crippen LogP contribution in [0.2, 0.25) is 5.02 Å². The molecule has 6 nitrogen and oxygen atoms in total. The minimum Gasteiger partial charge on any atom is -0.482 e. The Hall–Kier alpha value is -2.08. The first kappa shape index (κ1) is 14.0. The molecule has 0 radical (unpaired) electrons. The third-order valence-corrected chi connectivity index (χ3v) is 2.06. The fourth-order valence-corrected chi connectivity index (χ4v) is 1.30. The second kappa shape index (κ2) is 6.61. The van der Waals surface area contributed by atoms with Gasteiger partial charge < -0.3 is 10.5 Å². The van der Waals surface area contributed by atoms with Crippen LogP contribution in [0.15, 0.2) is 23.3 Å². The Kier molecular flexibility index (Phi) is 5.13. The van der Waals surface area contributed by atoms with E-state index in [1.165, 1.54) is 13.1 Å². The van der Waals surface area contributed by atoms with Crippen LogP contribution in [0.25, 0.3) is 0 Å². The largest absolute Gasteiger partial charge is 0.482 e. The zero-order valence-electron chi connectivity index (χ0n) is 9.64. The molecule has 1 rings (SSSR count). The number of benzene rings is 1. The number of nitrogens with one attached hydrogen (secondary N) is 1. The van der Waals surface area contributed by atoms with Crippen molar-refractivity contribution >= 4 is 29.6 Å². The molecule has 0 bridgehead atoms. The molecule has 3 N–H and O–H groups in total. The molecule has 0 atom stereocenters. The SMILES string of the molecule is CC(=O)NN=Cc1ccc(OCC(N)=O)c(Cl)c1. The number of hydrogen-bond donors (Lipinski definition) is 2. The van der Waals surface area contributed by atoms with Crippen LogP contribution in [0.5, 0.6) is 5.75 Å². The first-order valence-corrected chi connectivity index (χ1v) is 5.37. The molecular weight excluding hydrogens is 258 g/mol. The van der Waals surface area contributed by atoms with E-state index < -0.39 is 5.91 Å². The zero-order valence-corrected chi connectivity index (χ0v) is 10.4. The minimum absolute atomic E-state index is 0.237. The summed E-state index contributed by atoms with van der Waals surface area (Å²) in [6.45, 7) is 1.12. The average Bonchev–Trinajstić information content (AvgIpc) is 2.27. The predicted molar refractivity (Wildman–Crippen MR) is 67.6 cm³/mol. The molecule has 0 aliphatic rings. The number of ether oxygens (including phenoxy) is 1. The van der Waals surface area contributed by atoms with E-state index in [2.05, 4.69) is 10.5 Å². The van der Waals surface area contributed by atoms with Gasteiger partial charge in [0.05, 0.1) is 11.2 Å². The molecule has 1 aromatic rings. The molecule has 0 fully saturated rings. The lowest BCUT2D eigenvalue weighted by Crippen LogP contribution is -2.20. The van der Waals surface area contributed by atoms with E-state index in [0.717, 1.165) is 0 Å². The number of carbonyl (C=O) groups excluding carboxylic acids is 2. The number of nitrogens with two attached hydrogens (primary N) is 1. The smallest absolute Gasteiger partial charge is 0.255 e. The van der Waals surface area contributed by atoms with Gasteiger partial charge in [0.2, 0.25) is 5.91 Å². The van der Waals surface area contributed by atoms with Crippen LogP contribution in [0.4, 0.5) is 0 Å². The van der Waals surface area contributed by atoms with Crippen LogP contribution in [0.1, 0.15) is 12.5 Å². The topological polar surface area (TPSA) is 93.8 Å². The third-order valence-electron chi connectivity index (χ3n) is 1.76. The van der Waals surface area contributed by atoms with E-state index >= 15 is 0 Å². The highest BCUT2D eigenvalue weighted by Gasteiger charge is 2.03. The van der Waals surface area contributed by atoms with Crippen molar-refractivity contribution in [3.63, 3.8) is 0 Å². The normalized spacial score (nSPS) is 10.3. The first-order valence-electron chi connectivity index (χ1n) is 4.99. The predicted octanol–water partition coefficient (Wildman–Crippen LogP) is 0.674. The van der Waals surface area contributed by atoms with Crippen LogP contribution in [-0.4, -0.2) is 24.6 Å². The second-order valence-electron chi connectivity index (χ2n) is 3.37. The van der Waals surface area contributed by atoms with Gasteiger partial charge in [-0.2, -0.15) is 5.10 Å². The molecule has 0 aromatic heterocycles. The van der Waals surface area contributed by atoms with Crippen LogP contribution >= 0.6 is 11.6 Å². The molecule has 0 unspecified atom stereocenters. The zero-order chi connectivity index (χ0) is 13.5. The number of halogens is 1. The van der Waals surface area contributed by atoms with Crippen molar-refractivity contribution in [2.45, 2.75) is 6.92 Å². The van der Waals surface area contributed by atoms with Gasteiger partial charge in [-0.1, -0.05) is 11.6 Å². The summed E-state index contributed by atoms with van der Waals surface area (Å²) in [7, 11) is 0. The second-order valence-corrected chi connectivity index (χ2v) is 3.78. The van der Waals surface area contributed by atoms with Gasteiger partial charge in [0.25, 0.3) is 5.91 Å². The van der Waals surface area contributed by atoms with Gasteiger partial charge in [-0.3, -0.25) is 9.59 Å². The number of primary amides is 1. The summed E-state index contributed by atoms with van der Waals surface area (Å²) < 4.78 is 5.08. The Labute approximate surface area is 109 Å². The van der Waals surface area contributed by atoms with Gasteiger partial charge in [0.15, 0.2) is 6.61 Å². The van der Waals surface area contributed by atoms with Crippen LogP contribution in [-0.2, 0) is 9.59 Å². The summed E-state index contributed by atoms with van der Waals surface area (Å²) in [5, 5.41) is 4.01. The van der Waals surface area contributed by atoms with E-state index in [1.54, 1.807) is 18.2 Å². The highest BCUT2D eigenvalue weighted by Crippen LogP contribution is 2.24. The molecule has 0 saturated carbocycles. The summed E-state index contributed by atoms with van der Waals surface area (Å²) in [6, 6.07) is 4.84. The number of carbonyl (C=O) groups is 2. The van der Waals surface area contributed by atoms with Crippen molar-refractivity contribution in [1.29, 1.82) is 0 Å². The lowest BCUT2D eigenvalue weighted by Gasteiger charge is -2.06. The third kappa shape index (κ3) is 4.84. The minimum atomic E-state index is -0.581. The Morgan fingerprint density at radius 3 is 2.83 bits per heavy atom. The molecular formula is C11H12ClN3O3. The maximum Gasteiger partial charge on any atom is 0.255 e. The number of nitrogens with zero attached hydrogens (tertiary/aromatic N) is 1. The number of rotatable bonds is 5. The Morgan fingerprint density at radius 2 is 2.28 bits per heavy atom. The lowest BCUT2D eigenvalue weighted by molar-refractivity contribution is -0.120. The van der Waals surface area contributed by atoms with E-state index in [-0.39, 0.29) is 12.5 Å². The summed E-state index contributed by atoms with van der Waals surface area (Å²) in [5.74, 6) is -0.492. The van der Waals surface area contributed by atoms with Crippen molar-refractivity contribution in [3.8, 4) is 5.75 Å². The number of hydrazone groups is 1. The highest BCUT2D eigenvalue weighted by molar-refractivity contribution is 6.32. The van der Waals surface area contributed by atoms with E-state index in [1.807, 2.05) is 0 Å². The van der Waals surface area contributed by atoms with Gasteiger partial charge in [-0.25, -0.2) is 5.43 Å². The van der Waals surface area contributed by atoms with E-state index in [9.17, 15) is 9.59 Å². The number of hydrogen-bond acceptors (Lipinski definition) is 4. The summed E-state index contributed by atoms with van der Waals surface area (Å²) >= 11 is 5.93. The van der Waals surface area contributed by atoms with Gasteiger partial charge >= 0.3 is 0 Å². The quantitative estimate of drug-likeness (QED) is 0.608. The Morgan fingerprint density at radius 1 is 1.56 bits per heavy atom. The highest BCUT2D eigenvalue weighted by atomic mass is 35.5.